The topological polar surface area (TPSA) is 84.3 Å². The van der Waals surface area contributed by atoms with Gasteiger partial charge in [0.2, 0.25) is 0 Å². The number of ether oxygens (including phenoxy) is 1. The molecule has 0 saturated heterocycles. The van der Waals surface area contributed by atoms with Crippen molar-refractivity contribution in [2.75, 3.05) is 5.32 Å². The van der Waals surface area contributed by atoms with Crippen molar-refractivity contribution in [1.29, 1.82) is 0 Å². The maximum atomic E-state index is 12.0. The van der Waals surface area contributed by atoms with Crippen molar-refractivity contribution in [3.8, 4) is 22.4 Å². The second-order valence-electron chi connectivity index (χ2n) is 7.89. The molecule has 0 radical (unpaired) electrons. The van der Waals surface area contributed by atoms with Gasteiger partial charge in [-0.05, 0) is 49.1 Å². The minimum absolute atomic E-state index is 0.0443. The summed E-state index contributed by atoms with van der Waals surface area (Å²) < 4.78 is 5.36. The molecule has 6 heteroatoms. The zero-order valence-corrected chi connectivity index (χ0v) is 17.5. The van der Waals surface area contributed by atoms with E-state index in [0.29, 0.717) is 11.4 Å². The van der Waals surface area contributed by atoms with Crippen LogP contribution in [0.3, 0.4) is 0 Å². The van der Waals surface area contributed by atoms with E-state index in [2.05, 4.69) is 10.3 Å². The highest BCUT2D eigenvalue weighted by molar-refractivity contribution is 5.93. The molecule has 2 N–H and O–H groups in total. The number of anilines is 1. The summed E-state index contributed by atoms with van der Waals surface area (Å²) in [4.78, 5) is 21.3. The number of benzene rings is 2. The van der Waals surface area contributed by atoms with Crippen LogP contribution in [0.5, 0.6) is 0 Å². The van der Waals surface area contributed by atoms with Crippen molar-refractivity contribution < 1.29 is 14.6 Å². The van der Waals surface area contributed by atoms with E-state index in [1.54, 1.807) is 6.20 Å². The summed E-state index contributed by atoms with van der Waals surface area (Å²) in [5.41, 5.74) is 5.76. The number of carbonyl (C=O) groups is 1. The first kappa shape index (κ1) is 20.2. The number of carbonyl (C=O) groups excluding carboxylic acids is 1. The zero-order chi connectivity index (χ0) is 21.9. The molecule has 0 aliphatic heterocycles. The van der Waals surface area contributed by atoms with Crippen molar-refractivity contribution in [1.82, 2.24) is 9.97 Å². The first-order chi connectivity index (χ1) is 15.7. The maximum Gasteiger partial charge on any atom is 0.411 e. The van der Waals surface area contributed by atoms with E-state index in [9.17, 15) is 9.90 Å². The third-order valence-corrected chi connectivity index (χ3v) is 5.79. The number of aromatic nitrogens is 2. The van der Waals surface area contributed by atoms with Crippen LogP contribution in [0.1, 0.15) is 25.0 Å². The van der Waals surface area contributed by atoms with E-state index in [1.165, 1.54) is 0 Å². The predicted octanol–water partition coefficient (Wildman–Crippen LogP) is 5.56. The molecule has 1 aliphatic carbocycles. The Labute approximate surface area is 185 Å². The van der Waals surface area contributed by atoms with Gasteiger partial charge in [-0.15, -0.1) is 0 Å². The monoisotopic (exact) mass is 425 g/mol. The van der Waals surface area contributed by atoms with Crippen molar-refractivity contribution in [3.63, 3.8) is 0 Å². The molecule has 0 atom stereocenters. The van der Waals surface area contributed by atoms with Gasteiger partial charge < -0.3 is 9.84 Å². The standard InChI is InChI=1S/C26H23N3O3/c30-16-24-22-15-21(17-5-2-1-3-6-17)25(29-23(22)13-14-27-24)18-9-11-19(12-10-18)28-26(31)32-20-7-4-8-20/h1-3,5-6,9-15,20,30H,4,7-8,16H2,(H,28,31). The van der Waals surface area contributed by atoms with Gasteiger partial charge in [-0.25, -0.2) is 9.78 Å². The number of aliphatic hydroxyl groups excluding tert-OH is 1. The number of aliphatic hydroxyl groups is 1. The predicted molar refractivity (Wildman–Crippen MR) is 124 cm³/mol. The SMILES string of the molecule is O=C(Nc1ccc(-c2nc3ccnc(CO)c3cc2-c2ccccc2)cc1)OC1CCC1. The fourth-order valence-electron chi connectivity index (χ4n) is 3.84. The second-order valence-corrected chi connectivity index (χ2v) is 7.89. The molecule has 0 spiro atoms. The highest BCUT2D eigenvalue weighted by Crippen LogP contribution is 2.34. The Morgan fingerprint density at radius 2 is 1.81 bits per heavy atom. The molecule has 160 valence electrons. The summed E-state index contributed by atoms with van der Waals surface area (Å²) >= 11 is 0. The largest absolute Gasteiger partial charge is 0.446 e. The van der Waals surface area contributed by atoms with Crippen molar-refractivity contribution in [2.45, 2.75) is 32.0 Å². The van der Waals surface area contributed by atoms with E-state index in [1.807, 2.05) is 66.7 Å². The average Bonchev–Trinajstić information content (AvgIpc) is 2.81. The fourth-order valence-corrected chi connectivity index (χ4v) is 3.84. The highest BCUT2D eigenvalue weighted by atomic mass is 16.6. The number of hydrogen-bond donors (Lipinski definition) is 2. The van der Waals surface area contributed by atoms with Crippen LogP contribution in [-0.4, -0.2) is 27.3 Å². The van der Waals surface area contributed by atoms with Gasteiger partial charge in [0.25, 0.3) is 0 Å². The molecule has 1 amide bonds. The van der Waals surface area contributed by atoms with Gasteiger partial charge in [0.15, 0.2) is 0 Å². The van der Waals surface area contributed by atoms with E-state index in [4.69, 9.17) is 9.72 Å². The summed E-state index contributed by atoms with van der Waals surface area (Å²) in [5, 5.41) is 13.3. The third-order valence-electron chi connectivity index (χ3n) is 5.79. The Hall–Kier alpha value is -3.77. The van der Waals surface area contributed by atoms with Crippen LogP contribution in [-0.2, 0) is 11.3 Å². The molecule has 2 aromatic heterocycles. The lowest BCUT2D eigenvalue weighted by molar-refractivity contribution is 0.0624. The number of amides is 1. The minimum Gasteiger partial charge on any atom is -0.446 e. The molecular formula is C26H23N3O3. The molecule has 2 aromatic carbocycles. The summed E-state index contributed by atoms with van der Waals surface area (Å²) in [7, 11) is 0. The Morgan fingerprint density at radius 3 is 2.50 bits per heavy atom. The van der Waals surface area contributed by atoms with Crippen LogP contribution in [0.15, 0.2) is 72.9 Å². The zero-order valence-electron chi connectivity index (χ0n) is 17.5. The van der Waals surface area contributed by atoms with Crippen LogP contribution in [0, 0.1) is 0 Å². The summed E-state index contributed by atoms with van der Waals surface area (Å²) in [6.45, 7) is -0.149. The lowest BCUT2D eigenvalue weighted by Crippen LogP contribution is -2.27. The van der Waals surface area contributed by atoms with E-state index < -0.39 is 6.09 Å². The normalized spacial score (nSPS) is 13.5. The molecule has 32 heavy (non-hydrogen) atoms. The first-order valence-corrected chi connectivity index (χ1v) is 10.7. The Bertz CT molecular complexity index is 1250. The fraction of sp³-hybridized carbons (Fsp3) is 0.192. The van der Waals surface area contributed by atoms with Gasteiger partial charge in [0.1, 0.15) is 6.10 Å². The first-order valence-electron chi connectivity index (χ1n) is 10.7. The molecule has 1 fully saturated rings. The average molecular weight is 425 g/mol. The second kappa shape index (κ2) is 8.77. The highest BCUT2D eigenvalue weighted by Gasteiger charge is 2.21. The van der Waals surface area contributed by atoms with Gasteiger partial charge in [0, 0.05) is 28.4 Å². The van der Waals surface area contributed by atoms with Gasteiger partial charge in [0.05, 0.1) is 23.5 Å². The third kappa shape index (κ3) is 4.05. The van der Waals surface area contributed by atoms with E-state index in [0.717, 1.165) is 52.5 Å². The number of hydrogen-bond acceptors (Lipinski definition) is 5. The molecule has 6 nitrogen and oxygen atoms in total. The van der Waals surface area contributed by atoms with Gasteiger partial charge in [-0.3, -0.25) is 10.3 Å². The van der Waals surface area contributed by atoms with Crippen LogP contribution >= 0.6 is 0 Å². The molecule has 5 rings (SSSR count). The summed E-state index contributed by atoms with van der Waals surface area (Å²) in [5.74, 6) is 0. The molecule has 1 aliphatic rings. The molecule has 4 aromatic rings. The van der Waals surface area contributed by atoms with Crippen molar-refractivity contribution in [2.24, 2.45) is 0 Å². The quantitative estimate of drug-likeness (QED) is 0.437. The number of rotatable bonds is 5. The van der Waals surface area contributed by atoms with Gasteiger partial charge >= 0.3 is 6.09 Å². The van der Waals surface area contributed by atoms with E-state index >= 15 is 0 Å². The van der Waals surface area contributed by atoms with Gasteiger partial charge in [-0.2, -0.15) is 0 Å². The minimum atomic E-state index is -0.416. The number of nitrogens with zero attached hydrogens (tertiary/aromatic N) is 2. The van der Waals surface area contributed by atoms with Crippen LogP contribution in [0.2, 0.25) is 0 Å². The Morgan fingerprint density at radius 1 is 1.03 bits per heavy atom. The molecule has 0 unspecified atom stereocenters. The van der Waals surface area contributed by atoms with Crippen molar-refractivity contribution in [3.05, 3.63) is 78.6 Å². The summed E-state index contributed by atoms with van der Waals surface area (Å²) in [6.07, 6.45) is 4.28. The lowest BCUT2D eigenvalue weighted by Gasteiger charge is -2.25. The van der Waals surface area contributed by atoms with Crippen molar-refractivity contribution >= 4 is 22.7 Å². The van der Waals surface area contributed by atoms with Crippen LogP contribution in [0.4, 0.5) is 10.5 Å². The Balaban J connectivity index is 1.51. The Kier molecular flexibility index (Phi) is 5.52. The number of pyridine rings is 2. The van der Waals surface area contributed by atoms with Crippen LogP contribution < -0.4 is 5.32 Å². The lowest BCUT2D eigenvalue weighted by atomic mass is 9.96. The summed E-state index contributed by atoms with van der Waals surface area (Å²) in [6, 6.07) is 21.5. The molecule has 2 heterocycles. The van der Waals surface area contributed by atoms with Crippen LogP contribution in [0.25, 0.3) is 33.3 Å². The smallest absolute Gasteiger partial charge is 0.411 e. The molecular weight excluding hydrogens is 402 g/mol. The molecule has 1 saturated carbocycles. The molecule has 0 bridgehead atoms. The number of nitrogens with one attached hydrogen (secondary N) is 1. The maximum absolute atomic E-state index is 12.0. The number of fused-ring (bicyclic) bond motifs is 1. The van der Waals surface area contributed by atoms with Gasteiger partial charge in [-0.1, -0.05) is 42.5 Å². The van der Waals surface area contributed by atoms with E-state index in [-0.39, 0.29) is 12.7 Å².